The molecule has 13 heteroatoms. The van der Waals surface area contributed by atoms with Gasteiger partial charge in [-0.2, -0.15) is 8.42 Å². The van der Waals surface area contributed by atoms with E-state index in [0.717, 1.165) is 19.9 Å². The summed E-state index contributed by atoms with van der Waals surface area (Å²) in [7, 11) is -4.27. The highest BCUT2D eigenvalue weighted by molar-refractivity contribution is 7.87. The predicted octanol–water partition coefficient (Wildman–Crippen LogP) is -1.49. The first-order chi connectivity index (χ1) is 13.9. The summed E-state index contributed by atoms with van der Waals surface area (Å²) in [4.78, 5) is 46.4. The summed E-state index contributed by atoms with van der Waals surface area (Å²) >= 11 is 0. The molecule has 3 heterocycles. The number of carbonyl (C=O) groups is 4. The largest absolute Gasteiger partial charge is 0.463 e. The number of hydrogen-bond acceptors (Lipinski definition) is 12. The number of hydrogen-bond donors (Lipinski definition) is 0. The molecule has 4 rings (SSSR count). The fourth-order valence-corrected chi connectivity index (χ4v) is 6.91. The average molecular weight is 446 g/mol. The molecular formula is C17H18O12S. The Balaban J connectivity index is 1.66. The minimum absolute atomic E-state index is 0.117. The highest BCUT2D eigenvalue weighted by atomic mass is 32.2. The number of ether oxygens (including phenoxy) is 5. The van der Waals surface area contributed by atoms with Crippen molar-refractivity contribution in [3.05, 3.63) is 12.7 Å². The lowest BCUT2D eigenvalue weighted by molar-refractivity contribution is -0.180. The van der Waals surface area contributed by atoms with E-state index in [2.05, 4.69) is 11.3 Å². The molecule has 4 fully saturated rings. The minimum atomic E-state index is -4.27. The molecule has 30 heavy (non-hydrogen) atoms. The van der Waals surface area contributed by atoms with Crippen molar-refractivity contribution in [2.45, 2.75) is 54.5 Å². The van der Waals surface area contributed by atoms with Crippen molar-refractivity contribution in [2.75, 3.05) is 13.2 Å². The summed E-state index contributed by atoms with van der Waals surface area (Å²) in [6.45, 7) is 4.23. The van der Waals surface area contributed by atoms with Gasteiger partial charge in [-0.25, -0.2) is 9.59 Å². The summed E-state index contributed by atoms with van der Waals surface area (Å²) < 4.78 is 56.7. The van der Waals surface area contributed by atoms with Gasteiger partial charge in [-0.05, 0) is 0 Å². The van der Waals surface area contributed by atoms with Gasteiger partial charge < -0.3 is 23.7 Å². The third-order valence-corrected chi connectivity index (χ3v) is 7.37. The van der Waals surface area contributed by atoms with Crippen LogP contribution in [0.15, 0.2) is 12.7 Å². The lowest BCUT2D eigenvalue weighted by Crippen LogP contribution is -2.58. The van der Waals surface area contributed by atoms with Crippen LogP contribution in [-0.2, 0) is 57.2 Å². The normalized spacial score (nSPS) is 40.8. The van der Waals surface area contributed by atoms with Crippen LogP contribution < -0.4 is 0 Å². The van der Waals surface area contributed by atoms with Gasteiger partial charge in [0, 0.05) is 26.3 Å². The monoisotopic (exact) mass is 446 g/mol. The van der Waals surface area contributed by atoms with E-state index in [1.54, 1.807) is 0 Å². The molecule has 6 unspecified atom stereocenters. The Morgan fingerprint density at radius 3 is 2.47 bits per heavy atom. The molecule has 1 spiro atoms. The molecule has 164 valence electrons. The number of fused-ring (bicyclic) bond motifs is 2. The first-order valence-corrected chi connectivity index (χ1v) is 10.4. The molecule has 6 atom stereocenters. The third kappa shape index (κ3) is 2.55. The van der Waals surface area contributed by atoms with Crippen LogP contribution in [0.1, 0.15) is 20.3 Å². The van der Waals surface area contributed by atoms with Gasteiger partial charge in [0.1, 0.15) is 12.2 Å². The number of esters is 4. The molecule has 0 aromatic carbocycles. The van der Waals surface area contributed by atoms with Gasteiger partial charge >= 0.3 is 23.9 Å². The van der Waals surface area contributed by atoms with E-state index in [4.69, 9.17) is 23.1 Å². The second-order valence-electron chi connectivity index (χ2n) is 7.51. The van der Waals surface area contributed by atoms with Crippen LogP contribution in [0.2, 0.25) is 0 Å². The van der Waals surface area contributed by atoms with E-state index in [1.165, 1.54) is 0 Å². The highest BCUT2D eigenvalue weighted by Crippen LogP contribution is 2.78. The van der Waals surface area contributed by atoms with E-state index >= 15 is 0 Å². The van der Waals surface area contributed by atoms with Crippen LogP contribution in [0.25, 0.3) is 0 Å². The lowest BCUT2D eigenvalue weighted by atomic mass is 9.83. The van der Waals surface area contributed by atoms with Gasteiger partial charge in [0.25, 0.3) is 10.1 Å². The van der Waals surface area contributed by atoms with Gasteiger partial charge in [0.05, 0.1) is 0 Å². The number of carbonyl (C=O) groups excluding carboxylic acids is 4. The quantitative estimate of drug-likeness (QED) is 0.193. The van der Waals surface area contributed by atoms with Crippen molar-refractivity contribution in [1.29, 1.82) is 0 Å². The topological polar surface area (TPSA) is 158 Å². The SMILES string of the molecule is C=CC(=O)OCC(=O)OC1C2C34OC1(COC(C)=O)CC3(OC(C)=O)C4OS2(=O)=O. The maximum Gasteiger partial charge on any atom is 0.344 e. The molecule has 0 N–H and O–H groups in total. The Hall–Kier alpha value is -2.51. The van der Waals surface area contributed by atoms with Gasteiger partial charge in [-0.3, -0.25) is 13.8 Å². The van der Waals surface area contributed by atoms with Crippen LogP contribution >= 0.6 is 0 Å². The van der Waals surface area contributed by atoms with E-state index in [9.17, 15) is 27.6 Å². The van der Waals surface area contributed by atoms with E-state index < -0.39 is 81.5 Å². The van der Waals surface area contributed by atoms with E-state index in [1.807, 2.05) is 0 Å². The third-order valence-electron chi connectivity index (χ3n) is 5.69. The molecule has 1 saturated carbocycles. The molecule has 3 saturated heterocycles. The van der Waals surface area contributed by atoms with Crippen LogP contribution in [0.3, 0.4) is 0 Å². The zero-order valence-electron chi connectivity index (χ0n) is 15.9. The zero-order valence-corrected chi connectivity index (χ0v) is 16.8. The maximum absolute atomic E-state index is 12.6. The van der Waals surface area contributed by atoms with Gasteiger partial charge in [0.2, 0.25) is 0 Å². The fourth-order valence-electron chi connectivity index (χ4n) is 4.82. The maximum atomic E-state index is 12.6. The molecule has 1 aliphatic carbocycles. The van der Waals surface area contributed by atoms with Gasteiger partial charge in [0.15, 0.2) is 35.3 Å². The van der Waals surface area contributed by atoms with Crippen molar-refractivity contribution in [2.24, 2.45) is 0 Å². The van der Waals surface area contributed by atoms with Crippen molar-refractivity contribution in [3.8, 4) is 0 Å². The van der Waals surface area contributed by atoms with Gasteiger partial charge in [-0.15, -0.1) is 0 Å². The highest BCUT2D eigenvalue weighted by Gasteiger charge is 3.03. The van der Waals surface area contributed by atoms with Crippen LogP contribution in [0, 0.1) is 0 Å². The molecule has 12 nitrogen and oxygen atoms in total. The molecule has 3 aliphatic heterocycles. The summed E-state index contributed by atoms with van der Waals surface area (Å²) in [5.74, 6) is -3.29. The Bertz CT molecular complexity index is 971. The molecule has 0 aromatic rings. The summed E-state index contributed by atoms with van der Waals surface area (Å²) in [5.41, 5.74) is -4.56. The molecule has 4 aliphatic rings. The van der Waals surface area contributed by atoms with Crippen molar-refractivity contribution >= 4 is 34.0 Å². The second kappa shape index (κ2) is 6.25. The average Bonchev–Trinajstić information content (AvgIpc) is 2.93. The van der Waals surface area contributed by atoms with Crippen LogP contribution in [-0.4, -0.2) is 79.8 Å². The summed E-state index contributed by atoms with van der Waals surface area (Å²) in [6.07, 6.45) is -1.83. The van der Waals surface area contributed by atoms with Crippen LogP contribution in [0.5, 0.6) is 0 Å². The first kappa shape index (κ1) is 20.8. The Labute approximate surface area is 170 Å². The lowest BCUT2D eigenvalue weighted by Gasteiger charge is -2.37. The summed E-state index contributed by atoms with van der Waals surface area (Å²) in [5, 5.41) is -1.52. The molecular weight excluding hydrogens is 428 g/mol. The molecule has 0 radical (unpaired) electrons. The predicted molar refractivity (Wildman–Crippen MR) is 90.9 cm³/mol. The summed E-state index contributed by atoms with van der Waals surface area (Å²) in [6, 6.07) is 0. The van der Waals surface area contributed by atoms with Gasteiger partial charge in [-0.1, -0.05) is 6.58 Å². The Kier molecular flexibility index (Phi) is 4.32. The minimum Gasteiger partial charge on any atom is -0.463 e. The Morgan fingerprint density at radius 1 is 1.17 bits per heavy atom. The molecule has 0 aromatic heterocycles. The number of rotatable bonds is 7. The molecule has 2 bridgehead atoms. The second-order valence-corrected chi connectivity index (χ2v) is 9.20. The smallest absolute Gasteiger partial charge is 0.344 e. The zero-order chi connectivity index (χ0) is 22.1. The van der Waals surface area contributed by atoms with Crippen molar-refractivity contribution in [3.63, 3.8) is 0 Å². The van der Waals surface area contributed by atoms with E-state index in [-0.39, 0.29) is 6.42 Å². The van der Waals surface area contributed by atoms with E-state index in [0.29, 0.717) is 0 Å². The van der Waals surface area contributed by atoms with Crippen molar-refractivity contribution < 1.29 is 55.5 Å². The standard InChI is InChI=1S/C17H18O12S/c1-4-10(20)24-5-11(21)26-12-13-17-14(28-30(13,22)23)16(17,27-9(3)19)6-15(12,29-17)7-25-8(2)18/h4,12-14H,1,5-7H2,2-3H3. The first-order valence-electron chi connectivity index (χ1n) is 8.88. The van der Waals surface area contributed by atoms with Crippen molar-refractivity contribution in [1.82, 2.24) is 0 Å². The molecule has 0 amide bonds. The van der Waals surface area contributed by atoms with Crippen LogP contribution in [0.4, 0.5) is 0 Å². The fraction of sp³-hybridized carbons (Fsp3) is 0.647. The Morgan fingerprint density at radius 2 is 1.87 bits per heavy atom.